The quantitative estimate of drug-likeness (QED) is 0.387. The standard InChI is InChI=1S/C21H27ClN8O6S/c1-12(16(33-2)17-23-8-14(22)9-24-17)37(31,32)29-21-28-27-18(13-6-5-7-36-10-13)30(21)15-19(34-3)25-11-26-20(15)35-4/h8-9,11-13,16H,5-7,10H2,1-4H3,(H,28,29)/t12-,13-,16-/m0/s1. The van der Waals surface area contributed by atoms with Gasteiger partial charge in [0, 0.05) is 32.0 Å². The van der Waals surface area contributed by atoms with Gasteiger partial charge >= 0.3 is 0 Å². The molecule has 0 spiro atoms. The van der Waals surface area contributed by atoms with Crippen molar-refractivity contribution in [3.05, 3.63) is 35.4 Å². The molecule has 0 aliphatic carbocycles. The lowest BCUT2D eigenvalue weighted by molar-refractivity contribution is 0.0775. The fraction of sp³-hybridized carbons (Fsp3) is 0.524. The van der Waals surface area contributed by atoms with E-state index in [0.29, 0.717) is 24.1 Å². The average molecular weight is 555 g/mol. The number of hydrogen-bond acceptors (Lipinski definition) is 12. The zero-order valence-corrected chi connectivity index (χ0v) is 22.2. The van der Waals surface area contributed by atoms with Crippen LogP contribution in [0.15, 0.2) is 18.7 Å². The van der Waals surface area contributed by atoms with Gasteiger partial charge in [0.1, 0.15) is 23.5 Å². The van der Waals surface area contributed by atoms with E-state index in [2.05, 4.69) is 34.9 Å². The molecule has 200 valence electrons. The minimum absolute atomic E-state index is 0.106. The van der Waals surface area contributed by atoms with Gasteiger partial charge in [-0.05, 0) is 19.8 Å². The van der Waals surface area contributed by atoms with Crippen molar-refractivity contribution < 1.29 is 27.4 Å². The van der Waals surface area contributed by atoms with Gasteiger partial charge in [-0.2, -0.15) is 9.97 Å². The molecule has 0 unspecified atom stereocenters. The van der Waals surface area contributed by atoms with E-state index >= 15 is 0 Å². The molecular formula is C21H27ClN8O6S. The maximum absolute atomic E-state index is 13.5. The Balaban J connectivity index is 1.78. The number of anilines is 1. The van der Waals surface area contributed by atoms with Gasteiger partial charge in [-0.3, -0.25) is 9.29 Å². The third-order valence-corrected chi connectivity index (χ3v) is 7.77. The number of rotatable bonds is 10. The summed E-state index contributed by atoms with van der Waals surface area (Å²) in [4.78, 5) is 16.5. The van der Waals surface area contributed by atoms with Crippen LogP contribution in [0.25, 0.3) is 5.69 Å². The maximum atomic E-state index is 13.5. The monoisotopic (exact) mass is 554 g/mol. The van der Waals surface area contributed by atoms with Crippen molar-refractivity contribution in [3.8, 4) is 17.4 Å². The van der Waals surface area contributed by atoms with E-state index in [1.165, 1.54) is 51.5 Å². The summed E-state index contributed by atoms with van der Waals surface area (Å²) >= 11 is 5.87. The molecule has 0 aromatic carbocycles. The second kappa shape index (κ2) is 11.5. The van der Waals surface area contributed by atoms with Crippen molar-refractivity contribution in [2.75, 3.05) is 39.3 Å². The third-order valence-electron chi connectivity index (χ3n) is 5.88. The molecule has 1 saturated heterocycles. The predicted molar refractivity (Wildman–Crippen MR) is 132 cm³/mol. The minimum atomic E-state index is -4.13. The van der Waals surface area contributed by atoms with E-state index in [0.717, 1.165) is 12.8 Å². The highest BCUT2D eigenvalue weighted by Crippen LogP contribution is 2.36. The topological polar surface area (TPSA) is 165 Å². The summed E-state index contributed by atoms with van der Waals surface area (Å²) in [5, 5.41) is 7.65. The van der Waals surface area contributed by atoms with Crippen LogP contribution in [0, 0.1) is 0 Å². The molecular weight excluding hydrogens is 528 g/mol. The Hall–Kier alpha value is -3.14. The highest BCUT2D eigenvalue weighted by Gasteiger charge is 2.36. The fourth-order valence-corrected chi connectivity index (χ4v) is 5.22. The molecule has 37 heavy (non-hydrogen) atoms. The lowest BCUT2D eigenvalue weighted by Gasteiger charge is -2.24. The van der Waals surface area contributed by atoms with E-state index in [1.807, 2.05) is 0 Å². The van der Waals surface area contributed by atoms with Crippen LogP contribution >= 0.6 is 11.6 Å². The van der Waals surface area contributed by atoms with Crippen molar-refractivity contribution in [1.29, 1.82) is 0 Å². The first-order valence-corrected chi connectivity index (χ1v) is 13.2. The number of ether oxygens (including phenoxy) is 4. The highest BCUT2D eigenvalue weighted by atomic mass is 35.5. The molecule has 0 bridgehead atoms. The molecule has 4 rings (SSSR count). The first-order valence-electron chi connectivity index (χ1n) is 11.3. The fourth-order valence-electron chi connectivity index (χ4n) is 3.99. The number of nitrogens with zero attached hydrogens (tertiary/aromatic N) is 7. The zero-order chi connectivity index (χ0) is 26.6. The Morgan fingerprint density at radius 3 is 2.35 bits per heavy atom. The molecule has 3 aromatic rings. The Morgan fingerprint density at radius 1 is 1.11 bits per heavy atom. The Bertz CT molecular complexity index is 1290. The maximum Gasteiger partial charge on any atom is 0.245 e. The van der Waals surface area contributed by atoms with Crippen LogP contribution in [0.5, 0.6) is 11.8 Å². The summed E-state index contributed by atoms with van der Waals surface area (Å²) in [5.74, 6) is 0.614. The number of methoxy groups -OCH3 is 3. The van der Waals surface area contributed by atoms with Crippen molar-refractivity contribution in [2.24, 2.45) is 0 Å². The first-order chi connectivity index (χ1) is 17.8. The second-order valence-electron chi connectivity index (χ2n) is 8.14. The van der Waals surface area contributed by atoms with Gasteiger partial charge in [0.25, 0.3) is 0 Å². The molecule has 16 heteroatoms. The van der Waals surface area contributed by atoms with E-state index in [9.17, 15) is 8.42 Å². The van der Waals surface area contributed by atoms with Crippen LogP contribution in [-0.2, 0) is 19.5 Å². The Kier molecular flexibility index (Phi) is 8.36. The average Bonchev–Trinajstić information content (AvgIpc) is 3.32. The Morgan fingerprint density at radius 2 is 1.78 bits per heavy atom. The van der Waals surface area contributed by atoms with Crippen LogP contribution < -0.4 is 14.2 Å². The lowest BCUT2D eigenvalue weighted by atomic mass is 10.0. The third kappa shape index (κ3) is 5.58. The van der Waals surface area contributed by atoms with Crippen LogP contribution in [0.4, 0.5) is 5.95 Å². The summed E-state index contributed by atoms with van der Waals surface area (Å²) in [6.45, 7) is 2.49. The number of hydrogen-bond donors (Lipinski definition) is 1. The van der Waals surface area contributed by atoms with Crippen molar-refractivity contribution in [2.45, 2.75) is 37.0 Å². The van der Waals surface area contributed by atoms with E-state index in [-0.39, 0.29) is 35.1 Å². The molecule has 1 aliphatic rings. The number of sulfonamides is 1. The van der Waals surface area contributed by atoms with Crippen molar-refractivity contribution in [3.63, 3.8) is 0 Å². The smallest absolute Gasteiger partial charge is 0.245 e. The van der Waals surface area contributed by atoms with Gasteiger partial charge in [0.2, 0.25) is 27.7 Å². The van der Waals surface area contributed by atoms with Gasteiger partial charge < -0.3 is 18.9 Å². The molecule has 1 aliphatic heterocycles. The van der Waals surface area contributed by atoms with Gasteiger partial charge in [-0.25, -0.2) is 18.4 Å². The molecule has 3 atom stereocenters. The van der Waals surface area contributed by atoms with Gasteiger partial charge in [-0.1, -0.05) is 11.6 Å². The summed E-state index contributed by atoms with van der Waals surface area (Å²) in [5.41, 5.74) is 0.243. The van der Waals surface area contributed by atoms with Crippen LogP contribution in [-0.4, -0.2) is 82.9 Å². The molecule has 4 heterocycles. The van der Waals surface area contributed by atoms with E-state index < -0.39 is 21.4 Å². The number of aromatic nitrogens is 7. The van der Waals surface area contributed by atoms with Crippen LogP contribution in [0.2, 0.25) is 5.02 Å². The summed E-state index contributed by atoms with van der Waals surface area (Å²) < 4.78 is 53.1. The van der Waals surface area contributed by atoms with Gasteiger partial charge in [0.15, 0.2) is 11.5 Å². The van der Waals surface area contributed by atoms with Crippen LogP contribution in [0.3, 0.4) is 0 Å². The first kappa shape index (κ1) is 26.9. The number of nitrogens with one attached hydrogen (secondary N) is 1. The lowest BCUT2D eigenvalue weighted by Crippen LogP contribution is -2.33. The molecule has 14 nitrogen and oxygen atoms in total. The van der Waals surface area contributed by atoms with Gasteiger partial charge in [-0.15, -0.1) is 10.2 Å². The largest absolute Gasteiger partial charge is 0.479 e. The zero-order valence-electron chi connectivity index (χ0n) is 20.7. The number of halogens is 1. The molecule has 0 radical (unpaired) electrons. The molecule has 0 saturated carbocycles. The minimum Gasteiger partial charge on any atom is -0.479 e. The predicted octanol–water partition coefficient (Wildman–Crippen LogP) is 1.93. The van der Waals surface area contributed by atoms with Crippen LogP contribution in [0.1, 0.15) is 43.4 Å². The van der Waals surface area contributed by atoms with Crippen molar-refractivity contribution in [1.82, 2.24) is 34.7 Å². The molecule has 0 amide bonds. The van der Waals surface area contributed by atoms with Gasteiger partial charge in [0.05, 0.1) is 25.8 Å². The molecule has 1 fully saturated rings. The molecule has 1 N–H and O–H groups in total. The van der Waals surface area contributed by atoms with Crippen molar-refractivity contribution >= 4 is 27.6 Å². The summed E-state index contributed by atoms with van der Waals surface area (Å²) in [6, 6.07) is 0. The highest BCUT2D eigenvalue weighted by molar-refractivity contribution is 7.93. The molecule has 3 aromatic heterocycles. The summed E-state index contributed by atoms with van der Waals surface area (Å²) in [7, 11) is 0.0970. The Labute approximate surface area is 218 Å². The SMILES string of the molecule is COc1ncnc(OC)c1-n1c(NS(=O)(=O)[C@@H](C)[C@H](OC)c2ncc(Cl)cn2)nnc1[C@H]1CCCOC1. The second-order valence-corrected chi connectivity index (χ2v) is 10.6. The summed E-state index contributed by atoms with van der Waals surface area (Å²) in [6.07, 6.45) is 4.58. The van der Waals surface area contributed by atoms with E-state index in [1.54, 1.807) is 0 Å². The normalized spacial score (nSPS) is 17.7. The van der Waals surface area contributed by atoms with E-state index in [4.69, 9.17) is 30.5 Å².